The van der Waals surface area contributed by atoms with Gasteiger partial charge < -0.3 is 14.7 Å². The van der Waals surface area contributed by atoms with E-state index < -0.39 is 5.97 Å². The van der Waals surface area contributed by atoms with E-state index in [1.165, 1.54) is 6.07 Å². The zero-order valence-corrected chi connectivity index (χ0v) is 14.6. The quantitative estimate of drug-likeness (QED) is 0.866. The molecule has 136 valence electrons. The highest BCUT2D eigenvalue weighted by Gasteiger charge is 2.24. The minimum Gasteiger partial charge on any atom is -0.478 e. The molecule has 26 heavy (non-hydrogen) atoms. The Morgan fingerprint density at radius 2 is 1.65 bits per heavy atom. The summed E-state index contributed by atoms with van der Waals surface area (Å²) in [6.07, 6.45) is 1.89. The third-order valence-corrected chi connectivity index (χ3v) is 4.71. The number of aromatic carboxylic acids is 1. The van der Waals surface area contributed by atoms with Gasteiger partial charge in [0, 0.05) is 13.1 Å². The molecule has 0 aliphatic carbocycles. The molecular weight excluding hydrogens is 330 g/mol. The van der Waals surface area contributed by atoms with Crippen molar-refractivity contribution < 1.29 is 19.4 Å². The summed E-state index contributed by atoms with van der Waals surface area (Å²) in [4.78, 5) is 25.6. The van der Waals surface area contributed by atoms with Crippen LogP contribution in [0.3, 0.4) is 0 Å². The number of amides is 1. The standard InChI is InChI=1S/C21H23NO4/c23-20(14-17-8-4-5-9-19(17)21(24)25)22-12-10-18(11-13-22)26-15-16-6-2-1-3-7-16/h1-9,18H,10-15H2,(H,24,25). The van der Waals surface area contributed by atoms with E-state index in [0.29, 0.717) is 25.3 Å². The summed E-state index contributed by atoms with van der Waals surface area (Å²) in [7, 11) is 0. The third-order valence-electron chi connectivity index (χ3n) is 4.71. The molecule has 2 aromatic carbocycles. The van der Waals surface area contributed by atoms with E-state index in [1.807, 2.05) is 30.3 Å². The van der Waals surface area contributed by atoms with E-state index in [4.69, 9.17) is 4.74 Å². The first-order valence-corrected chi connectivity index (χ1v) is 8.88. The van der Waals surface area contributed by atoms with Crippen LogP contribution < -0.4 is 0 Å². The lowest BCUT2D eigenvalue weighted by molar-refractivity contribution is -0.133. The summed E-state index contributed by atoms with van der Waals surface area (Å²) in [6.45, 7) is 1.88. The highest BCUT2D eigenvalue weighted by Crippen LogP contribution is 2.18. The fourth-order valence-electron chi connectivity index (χ4n) is 3.22. The number of hydrogen-bond donors (Lipinski definition) is 1. The number of nitrogens with zero attached hydrogens (tertiary/aromatic N) is 1. The van der Waals surface area contributed by atoms with Crippen molar-refractivity contribution in [1.29, 1.82) is 0 Å². The third kappa shape index (κ3) is 4.70. The second kappa shape index (κ2) is 8.63. The van der Waals surface area contributed by atoms with E-state index in [9.17, 15) is 14.7 Å². The molecule has 1 amide bonds. The van der Waals surface area contributed by atoms with Crippen LogP contribution in [0.1, 0.15) is 34.3 Å². The molecule has 0 saturated carbocycles. The van der Waals surface area contributed by atoms with E-state index in [2.05, 4.69) is 0 Å². The van der Waals surface area contributed by atoms with E-state index in [-0.39, 0.29) is 24.0 Å². The first-order valence-electron chi connectivity index (χ1n) is 8.88. The van der Waals surface area contributed by atoms with Crippen LogP contribution in [0.25, 0.3) is 0 Å². The summed E-state index contributed by atoms with van der Waals surface area (Å²) >= 11 is 0. The molecule has 1 heterocycles. The molecule has 0 radical (unpaired) electrons. The molecule has 1 aliphatic rings. The number of carboxylic acids is 1. The Kier molecular flexibility index (Phi) is 6.02. The number of carboxylic acid groups (broad SMARTS) is 1. The van der Waals surface area contributed by atoms with Crippen molar-refractivity contribution in [3.8, 4) is 0 Å². The minimum atomic E-state index is -0.999. The van der Waals surface area contributed by atoms with Gasteiger partial charge in [0.15, 0.2) is 0 Å². The Hall–Kier alpha value is -2.66. The topological polar surface area (TPSA) is 66.8 Å². The number of rotatable bonds is 6. The predicted octanol–water partition coefficient (Wildman–Crippen LogP) is 3.14. The Balaban J connectivity index is 1.49. The lowest BCUT2D eigenvalue weighted by atomic mass is 10.0. The average Bonchev–Trinajstić information content (AvgIpc) is 2.68. The highest BCUT2D eigenvalue weighted by molar-refractivity contribution is 5.91. The van der Waals surface area contributed by atoms with Crippen molar-refractivity contribution >= 4 is 11.9 Å². The SMILES string of the molecule is O=C(O)c1ccccc1CC(=O)N1CCC(OCc2ccccc2)CC1. The van der Waals surface area contributed by atoms with Gasteiger partial charge in [0.25, 0.3) is 0 Å². The number of carbonyl (C=O) groups is 2. The number of carbonyl (C=O) groups excluding carboxylic acids is 1. The molecule has 0 unspecified atom stereocenters. The van der Waals surface area contributed by atoms with Gasteiger partial charge in [-0.3, -0.25) is 4.79 Å². The van der Waals surface area contributed by atoms with Gasteiger partial charge in [-0.05, 0) is 30.0 Å². The number of likely N-dealkylation sites (tertiary alicyclic amines) is 1. The number of piperidine rings is 1. The highest BCUT2D eigenvalue weighted by atomic mass is 16.5. The monoisotopic (exact) mass is 353 g/mol. The number of hydrogen-bond acceptors (Lipinski definition) is 3. The van der Waals surface area contributed by atoms with Crippen LogP contribution in [-0.2, 0) is 22.6 Å². The molecule has 0 bridgehead atoms. The summed E-state index contributed by atoms with van der Waals surface area (Å²) in [5, 5.41) is 9.24. The first kappa shape index (κ1) is 18.1. The lowest BCUT2D eigenvalue weighted by Gasteiger charge is -2.32. The van der Waals surface area contributed by atoms with Crippen molar-refractivity contribution in [3.05, 3.63) is 71.3 Å². The van der Waals surface area contributed by atoms with Crippen molar-refractivity contribution in [2.24, 2.45) is 0 Å². The molecular formula is C21H23NO4. The van der Waals surface area contributed by atoms with Gasteiger partial charge >= 0.3 is 5.97 Å². The maximum atomic E-state index is 12.5. The zero-order valence-electron chi connectivity index (χ0n) is 14.6. The fourth-order valence-corrected chi connectivity index (χ4v) is 3.22. The molecule has 3 rings (SSSR count). The Morgan fingerprint density at radius 3 is 2.35 bits per heavy atom. The fraction of sp³-hybridized carbons (Fsp3) is 0.333. The zero-order chi connectivity index (χ0) is 18.4. The number of ether oxygens (including phenoxy) is 1. The molecule has 0 atom stereocenters. The average molecular weight is 353 g/mol. The molecule has 1 N–H and O–H groups in total. The van der Waals surface area contributed by atoms with Gasteiger partial charge in [0.1, 0.15) is 0 Å². The van der Waals surface area contributed by atoms with Crippen LogP contribution in [0.4, 0.5) is 0 Å². The van der Waals surface area contributed by atoms with Crippen molar-refractivity contribution in [1.82, 2.24) is 4.90 Å². The van der Waals surface area contributed by atoms with Gasteiger partial charge in [-0.1, -0.05) is 48.5 Å². The van der Waals surface area contributed by atoms with Gasteiger partial charge in [-0.15, -0.1) is 0 Å². The molecule has 5 heteroatoms. The van der Waals surface area contributed by atoms with Crippen LogP contribution in [-0.4, -0.2) is 41.1 Å². The van der Waals surface area contributed by atoms with Crippen LogP contribution in [0, 0.1) is 0 Å². The van der Waals surface area contributed by atoms with Crippen LogP contribution in [0.15, 0.2) is 54.6 Å². The van der Waals surface area contributed by atoms with Crippen molar-refractivity contribution in [2.75, 3.05) is 13.1 Å². The van der Waals surface area contributed by atoms with Crippen LogP contribution in [0.5, 0.6) is 0 Å². The van der Waals surface area contributed by atoms with Crippen molar-refractivity contribution in [3.63, 3.8) is 0 Å². The van der Waals surface area contributed by atoms with Gasteiger partial charge in [0.05, 0.1) is 24.7 Å². The van der Waals surface area contributed by atoms with Gasteiger partial charge in [-0.2, -0.15) is 0 Å². The van der Waals surface area contributed by atoms with Crippen molar-refractivity contribution in [2.45, 2.75) is 32.0 Å². The van der Waals surface area contributed by atoms with Crippen LogP contribution in [0.2, 0.25) is 0 Å². The maximum Gasteiger partial charge on any atom is 0.335 e. The summed E-state index contributed by atoms with van der Waals surface area (Å²) in [5.41, 5.74) is 1.91. The summed E-state index contributed by atoms with van der Waals surface area (Å²) in [6, 6.07) is 16.7. The number of benzene rings is 2. The van der Waals surface area contributed by atoms with E-state index >= 15 is 0 Å². The first-order chi connectivity index (χ1) is 12.6. The van der Waals surface area contributed by atoms with Crippen LogP contribution >= 0.6 is 0 Å². The second-order valence-corrected chi connectivity index (χ2v) is 6.52. The lowest BCUT2D eigenvalue weighted by Crippen LogP contribution is -2.41. The molecule has 5 nitrogen and oxygen atoms in total. The predicted molar refractivity (Wildman–Crippen MR) is 97.9 cm³/mol. The van der Waals surface area contributed by atoms with Gasteiger partial charge in [-0.25, -0.2) is 4.79 Å². The minimum absolute atomic E-state index is 0.0276. The second-order valence-electron chi connectivity index (χ2n) is 6.52. The maximum absolute atomic E-state index is 12.5. The Morgan fingerprint density at radius 1 is 1.00 bits per heavy atom. The smallest absolute Gasteiger partial charge is 0.335 e. The molecule has 1 fully saturated rings. The summed E-state index contributed by atoms with van der Waals surface area (Å²) < 4.78 is 5.95. The normalized spacial score (nSPS) is 15.0. The Labute approximate surface area is 153 Å². The van der Waals surface area contributed by atoms with E-state index in [1.54, 1.807) is 23.1 Å². The molecule has 0 aromatic heterocycles. The van der Waals surface area contributed by atoms with Gasteiger partial charge in [0.2, 0.25) is 5.91 Å². The molecule has 1 aliphatic heterocycles. The molecule has 1 saturated heterocycles. The largest absolute Gasteiger partial charge is 0.478 e. The molecule has 0 spiro atoms. The summed E-state index contributed by atoms with van der Waals surface area (Å²) in [5.74, 6) is -1.03. The Bertz CT molecular complexity index is 752. The molecule has 2 aromatic rings. The van der Waals surface area contributed by atoms with E-state index in [0.717, 1.165) is 18.4 Å².